The normalized spacial score (nSPS) is 36.8. The molecule has 10 heteroatoms. The molecule has 0 aromatic carbocycles. The molecule has 5 unspecified atom stereocenters. The van der Waals surface area contributed by atoms with Gasteiger partial charge in [0.25, 0.3) is 0 Å². The fraction of sp³-hybridized carbons (Fsp3) is 0.913. The molecule has 0 radical (unpaired) electrons. The van der Waals surface area contributed by atoms with Gasteiger partial charge in [-0.1, -0.05) is 12.8 Å². The number of fused-ring (bicyclic) bond motifs is 1. The summed E-state index contributed by atoms with van der Waals surface area (Å²) in [4.78, 5) is 30.0. The lowest BCUT2D eigenvalue weighted by molar-refractivity contribution is -0.134. The van der Waals surface area contributed by atoms with Crippen LogP contribution in [0.3, 0.4) is 0 Å². The number of hydrazine groups is 1. The van der Waals surface area contributed by atoms with Crippen LogP contribution in [0.15, 0.2) is 0 Å². The molecule has 0 aromatic rings. The maximum absolute atomic E-state index is 12.2. The van der Waals surface area contributed by atoms with Crippen molar-refractivity contribution in [2.45, 2.75) is 94.4 Å². The highest BCUT2D eigenvalue weighted by Crippen LogP contribution is 2.34. The van der Waals surface area contributed by atoms with Gasteiger partial charge in [-0.25, -0.2) is 5.43 Å². The minimum Gasteiger partial charge on any atom is -0.356 e. The predicted octanol–water partition coefficient (Wildman–Crippen LogP) is 1.33. The van der Waals surface area contributed by atoms with Crippen LogP contribution < -0.4 is 32.3 Å². The lowest BCUT2D eigenvalue weighted by Gasteiger charge is -2.41. The van der Waals surface area contributed by atoms with E-state index in [2.05, 4.69) is 38.5 Å². The minimum atomic E-state index is -0.100. The molecule has 5 atom stereocenters. The average Bonchev–Trinajstić information content (AvgIpc) is 3.33. The third kappa shape index (κ3) is 7.05. The smallest absolute Gasteiger partial charge is 0.237 e. The van der Waals surface area contributed by atoms with E-state index in [9.17, 15) is 9.59 Å². The first kappa shape index (κ1) is 25.2. The van der Waals surface area contributed by atoms with Crippen molar-refractivity contribution >= 4 is 23.6 Å². The molecule has 2 heterocycles. The van der Waals surface area contributed by atoms with Crippen LogP contribution in [-0.4, -0.2) is 55.0 Å². The molecular weight excluding hydrogens is 440 g/mol. The average molecular weight is 483 g/mol. The Hall–Kier alpha value is -0.910. The van der Waals surface area contributed by atoms with Crippen molar-refractivity contribution in [1.82, 2.24) is 32.3 Å². The van der Waals surface area contributed by atoms with Crippen molar-refractivity contribution in [2.75, 3.05) is 19.3 Å². The molecule has 188 valence electrons. The number of amides is 2. The molecule has 2 aliphatic carbocycles. The van der Waals surface area contributed by atoms with Crippen molar-refractivity contribution in [3.8, 4) is 0 Å². The third-order valence-electron chi connectivity index (χ3n) is 7.84. The van der Waals surface area contributed by atoms with Crippen LogP contribution >= 0.6 is 11.8 Å². The number of rotatable bonds is 10. The standard InChI is InChI=1S/C23H42N6O3S/c1-33-16-9-7-15(8-10-16)21-26-20(32-29-21)12-11-19(30)24-13-4-14-25-22-17-5-2-3-6-18(17)23(31)28-27-22/h15-18,20-22,25-27,29H,2-14H2,1H3,(H,24,30)(H,28,31). The van der Waals surface area contributed by atoms with Gasteiger partial charge in [0, 0.05) is 30.1 Å². The highest BCUT2D eigenvalue weighted by Gasteiger charge is 2.39. The molecule has 6 N–H and O–H groups in total. The SMILES string of the molecule is CSC1CCC(C2NOC(CCC(=O)NCCCNC3NNC(=O)C4CCCCC34)N2)CC1. The molecule has 4 aliphatic rings. The van der Waals surface area contributed by atoms with E-state index in [1.165, 1.54) is 32.1 Å². The van der Waals surface area contributed by atoms with Gasteiger partial charge in [-0.05, 0) is 70.1 Å². The summed E-state index contributed by atoms with van der Waals surface area (Å²) in [6.45, 7) is 1.45. The number of carbonyl (C=O) groups excluding carboxylic acids is 2. The summed E-state index contributed by atoms with van der Waals surface area (Å²) in [6.07, 6.45) is 13.8. The van der Waals surface area contributed by atoms with Gasteiger partial charge >= 0.3 is 0 Å². The van der Waals surface area contributed by atoms with E-state index in [4.69, 9.17) is 4.84 Å². The molecule has 4 rings (SSSR count). The number of hydrogen-bond donors (Lipinski definition) is 6. The van der Waals surface area contributed by atoms with Gasteiger partial charge in [0.15, 0.2) is 0 Å². The van der Waals surface area contributed by atoms with E-state index in [0.717, 1.165) is 37.5 Å². The van der Waals surface area contributed by atoms with E-state index in [1.54, 1.807) is 0 Å². The van der Waals surface area contributed by atoms with E-state index in [0.29, 0.717) is 31.2 Å². The lowest BCUT2D eigenvalue weighted by atomic mass is 9.76. The summed E-state index contributed by atoms with van der Waals surface area (Å²) < 4.78 is 0. The van der Waals surface area contributed by atoms with Crippen LogP contribution in [0.1, 0.15) is 70.6 Å². The van der Waals surface area contributed by atoms with Gasteiger partial charge in [0.1, 0.15) is 6.23 Å². The molecule has 33 heavy (non-hydrogen) atoms. The number of thioether (sulfide) groups is 1. The lowest BCUT2D eigenvalue weighted by Crippen LogP contribution is -2.64. The maximum Gasteiger partial charge on any atom is 0.237 e. The van der Waals surface area contributed by atoms with Crippen LogP contribution in [-0.2, 0) is 14.4 Å². The second-order valence-electron chi connectivity index (χ2n) is 10.0. The minimum absolute atomic E-state index is 0.0692. The molecule has 2 aliphatic heterocycles. The number of nitrogens with one attached hydrogen (secondary N) is 6. The Kier molecular flexibility index (Phi) is 9.69. The van der Waals surface area contributed by atoms with Crippen LogP contribution in [0.25, 0.3) is 0 Å². The zero-order valence-corrected chi connectivity index (χ0v) is 20.7. The van der Waals surface area contributed by atoms with E-state index in [-0.39, 0.29) is 36.3 Å². The summed E-state index contributed by atoms with van der Waals surface area (Å²) >= 11 is 1.98. The molecular formula is C23H42N6O3S. The highest BCUT2D eigenvalue weighted by atomic mass is 32.2. The fourth-order valence-electron chi connectivity index (χ4n) is 5.82. The van der Waals surface area contributed by atoms with Crippen molar-refractivity contribution in [2.24, 2.45) is 17.8 Å². The molecule has 2 saturated carbocycles. The van der Waals surface area contributed by atoms with Crippen molar-refractivity contribution in [1.29, 1.82) is 0 Å². The molecule has 0 spiro atoms. The van der Waals surface area contributed by atoms with Gasteiger partial charge in [-0.15, -0.1) is 0 Å². The summed E-state index contributed by atoms with van der Waals surface area (Å²) in [5.74, 6) is 1.30. The quantitative estimate of drug-likeness (QED) is 0.259. The van der Waals surface area contributed by atoms with Crippen LogP contribution in [0.4, 0.5) is 0 Å². The first-order chi connectivity index (χ1) is 16.1. The molecule has 0 aromatic heterocycles. The van der Waals surface area contributed by atoms with Crippen molar-refractivity contribution in [3.05, 3.63) is 0 Å². The van der Waals surface area contributed by atoms with Gasteiger partial charge in [-0.3, -0.25) is 25.2 Å². The largest absolute Gasteiger partial charge is 0.356 e. The second-order valence-corrected chi connectivity index (χ2v) is 11.1. The van der Waals surface area contributed by atoms with Crippen LogP contribution in [0.5, 0.6) is 0 Å². The number of hydrogen-bond acceptors (Lipinski definition) is 8. The van der Waals surface area contributed by atoms with Crippen LogP contribution in [0, 0.1) is 17.8 Å². The fourth-order valence-corrected chi connectivity index (χ4v) is 6.56. The summed E-state index contributed by atoms with van der Waals surface area (Å²) in [5, 5.41) is 10.9. The Morgan fingerprint density at radius 3 is 2.76 bits per heavy atom. The summed E-state index contributed by atoms with van der Waals surface area (Å²) in [5.41, 5.74) is 9.10. The van der Waals surface area contributed by atoms with Crippen molar-refractivity contribution < 1.29 is 14.4 Å². The topological polar surface area (TPSA) is 116 Å². The Balaban J connectivity index is 1.04. The Morgan fingerprint density at radius 2 is 1.94 bits per heavy atom. The maximum atomic E-state index is 12.2. The Bertz CT molecular complexity index is 648. The number of carbonyl (C=O) groups is 2. The zero-order valence-electron chi connectivity index (χ0n) is 19.9. The zero-order chi connectivity index (χ0) is 23.0. The summed E-state index contributed by atoms with van der Waals surface area (Å²) in [6, 6.07) is 0. The van der Waals surface area contributed by atoms with Gasteiger partial charge in [0.2, 0.25) is 11.8 Å². The van der Waals surface area contributed by atoms with Gasteiger partial charge in [0.05, 0.1) is 12.3 Å². The van der Waals surface area contributed by atoms with E-state index >= 15 is 0 Å². The predicted molar refractivity (Wildman–Crippen MR) is 130 cm³/mol. The first-order valence-corrected chi connectivity index (χ1v) is 14.2. The Labute approximate surface area is 202 Å². The van der Waals surface area contributed by atoms with Gasteiger partial charge in [-0.2, -0.15) is 17.2 Å². The first-order valence-electron chi connectivity index (χ1n) is 12.9. The van der Waals surface area contributed by atoms with E-state index < -0.39 is 0 Å². The number of hydroxylamine groups is 1. The molecule has 9 nitrogen and oxygen atoms in total. The van der Waals surface area contributed by atoms with Gasteiger partial charge < -0.3 is 10.6 Å². The second kappa shape index (κ2) is 12.7. The molecule has 0 bridgehead atoms. The van der Waals surface area contributed by atoms with Crippen LogP contribution in [0.2, 0.25) is 0 Å². The Morgan fingerprint density at radius 1 is 1.12 bits per heavy atom. The molecule has 2 amide bonds. The molecule has 4 fully saturated rings. The molecule has 2 saturated heterocycles. The summed E-state index contributed by atoms with van der Waals surface area (Å²) in [7, 11) is 0. The van der Waals surface area contributed by atoms with Crippen molar-refractivity contribution in [3.63, 3.8) is 0 Å². The van der Waals surface area contributed by atoms with E-state index in [1.807, 2.05) is 11.8 Å². The third-order valence-corrected chi connectivity index (χ3v) is 8.97. The monoisotopic (exact) mass is 482 g/mol. The highest BCUT2D eigenvalue weighted by molar-refractivity contribution is 7.99.